The molecule has 3 heterocycles. The van der Waals surface area contributed by atoms with E-state index in [-0.39, 0.29) is 50.9 Å². The summed E-state index contributed by atoms with van der Waals surface area (Å²) in [4.78, 5) is 31.4. The highest BCUT2D eigenvalue weighted by atomic mass is 19.3. The van der Waals surface area contributed by atoms with Gasteiger partial charge in [0.05, 0.1) is 32.7 Å². The van der Waals surface area contributed by atoms with Crippen LogP contribution in [0.25, 0.3) is 0 Å². The average Bonchev–Trinajstić information content (AvgIpc) is 2.94. The number of pyridine rings is 1. The van der Waals surface area contributed by atoms with Crippen LogP contribution >= 0.6 is 0 Å². The second-order valence-corrected chi connectivity index (χ2v) is 7.58. The van der Waals surface area contributed by atoms with Crippen molar-refractivity contribution < 1.29 is 32.2 Å². The first-order valence-electron chi connectivity index (χ1n) is 9.68. The maximum absolute atomic E-state index is 14.6. The molecule has 1 atom stereocenters. The number of carbonyl (C=O) groups excluding carboxylic acids is 2. The van der Waals surface area contributed by atoms with Crippen LogP contribution in [0, 0.1) is 5.82 Å². The summed E-state index contributed by atoms with van der Waals surface area (Å²) < 4.78 is 52.9. The van der Waals surface area contributed by atoms with Gasteiger partial charge < -0.3 is 14.5 Å². The van der Waals surface area contributed by atoms with Crippen molar-refractivity contribution in [2.75, 3.05) is 37.7 Å². The van der Waals surface area contributed by atoms with E-state index in [0.29, 0.717) is 5.56 Å². The molecule has 2 aliphatic rings. The van der Waals surface area contributed by atoms with Gasteiger partial charge in [0.1, 0.15) is 11.4 Å². The third-order valence-electron chi connectivity index (χ3n) is 5.20. The second-order valence-electron chi connectivity index (χ2n) is 7.58. The molecule has 31 heavy (non-hydrogen) atoms. The Kier molecular flexibility index (Phi) is 5.67. The zero-order chi connectivity index (χ0) is 22.1. The SMILES string of the molecule is O=C(Cc1cccnc1)N1CCOCC2(C1)CN(c1ccc(F)cc1)C(=O)C(F)(F)O2. The molecule has 1 unspecified atom stereocenters. The number of amides is 2. The Balaban J connectivity index is 1.59. The summed E-state index contributed by atoms with van der Waals surface area (Å²) in [6.45, 7) is -0.360. The zero-order valence-corrected chi connectivity index (χ0v) is 16.5. The number of aromatic nitrogens is 1. The number of anilines is 1. The van der Waals surface area contributed by atoms with Crippen LogP contribution in [0.5, 0.6) is 0 Å². The lowest BCUT2D eigenvalue weighted by atomic mass is 10.00. The molecular weight excluding hydrogens is 415 g/mol. The van der Waals surface area contributed by atoms with Gasteiger partial charge in [-0.25, -0.2) is 4.39 Å². The Labute approximate surface area is 176 Å². The summed E-state index contributed by atoms with van der Waals surface area (Å²) in [5.41, 5.74) is -0.858. The van der Waals surface area contributed by atoms with Crippen LogP contribution in [0.1, 0.15) is 5.56 Å². The number of alkyl halides is 2. The normalized spacial score (nSPS) is 23.6. The maximum Gasteiger partial charge on any atom is 0.437 e. The predicted octanol–water partition coefficient (Wildman–Crippen LogP) is 2.02. The number of hydrogen-bond acceptors (Lipinski definition) is 5. The van der Waals surface area contributed by atoms with E-state index in [0.717, 1.165) is 17.0 Å². The number of rotatable bonds is 3. The van der Waals surface area contributed by atoms with Crippen molar-refractivity contribution in [1.29, 1.82) is 0 Å². The number of nitrogens with zero attached hydrogens (tertiary/aromatic N) is 3. The highest BCUT2D eigenvalue weighted by molar-refractivity contribution is 5.98. The van der Waals surface area contributed by atoms with E-state index in [1.165, 1.54) is 17.0 Å². The van der Waals surface area contributed by atoms with Crippen LogP contribution in [0.2, 0.25) is 0 Å². The smallest absolute Gasteiger partial charge is 0.376 e. The first-order valence-corrected chi connectivity index (χ1v) is 9.68. The van der Waals surface area contributed by atoms with Gasteiger partial charge in [-0.3, -0.25) is 19.3 Å². The predicted molar refractivity (Wildman–Crippen MR) is 103 cm³/mol. The second kappa shape index (κ2) is 8.27. The molecule has 4 rings (SSSR count). The standard InChI is InChI=1S/C21H20F3N3O4/c22-16-3-5-17(6-4-16)27-13-20(31-21(23,24)19(27)29)12-26(8-9-30-14-20)18(28)10-15-2-1-7-25-11-15/h1-7,11H,8-10,12-14H2. The maximum atomic E-state index is 14.6. The lowest BCUT2D eigenvalue weighted by molar-refractivity contribution is -0.293. The molecule has 0 radical (unpaired) electrons. The molecule has 10 heteroatoms. The van der Waals surface area contributed by atoms with Gasteiger partial charge in [-0.15, -0.1) is 0 Å². The molecule has 1 aromatic heterocycles. The highest BCUT2D eigenvalue weighted by Gasteiger charge is 2.58. The molecular formula is C21H20F3N3O4. The Morgan fingerprint density at radius 3 is 2.65 bits per heavy atom. The Bertz CT molecular complexity index is 958. The fraction of sp³-hybridized carbons (Fsp3) is 0.381. The number of halogens is 3. The number of carbonyl (C=O) groups is 2. The molecule has 164 valence electrons. The topological polar surface area (TPSA) is 72.0 Å². The van der Waals surface area contributed by atoms with Crippen molar-refractivity contribution >= 4 is 17.5 Å². The molecule has 1 aromatic carbocycles. The lowest BCUT2D eigenvalue weighted by Crippen LogP contribution is -2.66. The van der Waals surface area contributed by atoms with Crippen LogP contribution in [0.4, 0.5) is 18.9 Å². The first-order chi connectivity index (χ1) is 14.8. The minimum absolute atomic E-state index is 0.0426. The number of hydrogen-bond donors (Lipinski definition) is 0. The minimum Gasteiger partial charge on any atom is -0.376 e. The van der Waals surface area contributed by atoms with Crippen molar-refractivity contribution in [2.45, 2.75) is 18.1 Å². The quantitative estimate of drug-likeness (QED) is 0.738. The van der Waals surface area contributed by atoms with Gasteiger partial charge in [0.15, 0.2) is 0 Å². The van der Waals surface area contributed by atoms with Crippen LogP contribution in [0.3, 0.4) is 0 Å². The van der Waals surface area contributed by atoms with Gasteiger partial charge in [0.2, 0.25) is 5.91 Å². The van der Waals surface area contributed by atoms with E-state index in [1.807, 2.05) is 0 Å². The summed E-state index contributed by atoms with van der Waals surface area (Å²) in [5, 5.41) is 0. The summed E-state index contributed by atoms with van der Waals surface area (Å²) in [6, 6.07) is 8.09. The largest absolute Gasteiger partial charge is 0.437 e. The number of benzene rings is 1. The van der Waals surface area contributed by atoms with Crippen molar-refractivity contribution in [2.24, 2.45) is 0 Å². The number of ether oxygens (including phenoxy) is 2. The third-order valence-corrected chi connectivity index (χ3v) is 5.20. The molecule has 2 amide bonds. The van der Waals surface area contributed by atoms with E-state index >= 15 is 0 Å². The van der Waals surface area contributed by atoms with Crippen molar-refractivity contribution in [3.05, 3.63) is 60.2 Å². The molecule has 0 bridgehead atoms. The first kappa shape index (κ1) is 21.3. The minimum atomic E-state index is -4.13. The molecule has 0 aliphatic carbocycles. The van der Waals surface area contributed by atoms with Crippen molar-refractivity contribution in [3.8, 4) is 0 Å². The molecule has 2 aromatic rings. The lowest BCUT2D eigenvalue weighted by Gasteiger charge is -2.45. The van der Waals surface area contributed by atoms with Crippen LogP contribution in [-0.2, 0) is 25.5 Å². The summed E-state index contributed by atoms with van der Waals surface area (Å²) in [6.07, 6.45) is -0.941. The van der Waals surface area contributed by atoms with E-state index in [9.17, 15) is 22.8 Å². The Morgan fingerprint density at radius 1 is 1.16 bits per heavy atom. The Hall–Kier alpha value is -2.98. The van der Waals surface area contributed by atoms with Gasteiger partial charge in [-0.2, -0.15) is 8.78 Å². The molecule has 2 fully saturated rings. The van der Waals surface area contributed by atoms with Gasteiger partial charge in [0.25, 0.3) is 0 Å². The van der Waals surface area contributed by atoms with Crippen molar-refractivity contribution in [1.82, 2.24) is 9.88 Å². The fourth-order valence-corrected chi connectivity index (χ4v) is 3.76. The van der Waals surface area contributed by atoms with Crippen LogP contribution in [0.15, 0.2) is 48.8 Å². The molecule has 2 aliphatic heterocycles. The zero-order valence-electron chi connectivity index (χ0n) is 16.5. The average molecular weight is 435 g/mol. The summed E-state index contributed by atoms with van der Waals surface area (Å²) >= 11 is 0. The molecule has 1 spiro atoms. The van der Waals surface area contributed by atoms with Crippen LogP contribution < -0.4 is 4.90 Å². The Morgan fingerprint density at radius 2 is 1.94 bits per heavy atom. The summed E-state index contributed by atoms with van der Waals surface area (Å²) in [5.74, 6) is -2.41. The van der Waals surface area contributed by atoms with E-state index < -0.39 is 23.4 Å². The summed E-state index contributed by atoms with van der Waals surface area (Å²) in [7, 11) is 0. The van der Waals surface area contributed by atoms with Gasteiger partial charge >= 0.3 is 12.0 Å². The van der Waals surface area contributed by atoms with Gasteiger partial charge in [-0.05, 0) is 35.9 Å². The molecule has 2 saturated heterocycles. The van der Waals surface area contributed by atoms with Crippen molar-refractivity contribution in [3.63, 3.8) is 0 Å². The third kappa shape index (κ3) is 4.54. The number of morpholine rings is 1. The highest BCUT2D eigenvalue weighted by Crippen LogP contribution is 2.37. The molecule has 0 saturated carbocycles. The van der Waals surface area contributed by atoms with Gasteiger partial charge in [0, 0.05) is 24.6 Å². The monoisotopic (exact) mass is 435 g/mol. The van der Waals surface area contributed by atoms with E-state index in [1.54, 1.807) is 24.5 Å². The van der Waals surface area contributed by atoms with Crippen LogP contribution in [-0.4, -0.2) is 66.3 Å². The molecule has 7 nitrogen and oxygen atoms in total. The fourth-order valence-electron chi connectivity index (χ4n) is 3.76. The van der Waals surface area contributed by atoms with Gasteiger partial charge in [-0.1, -0.05) is 6.07 Å². The van der Waals surface area contributed by atoms with E-state index in [2.05, 4.69) is 4.98 Å². The molecule has 0 N–H and O–H groups in total. The van der Waals surface area contributed by atoms with E-state index in [4.69, 9.17) is 9.47 Å².